The lowest BCUT2D eigenvalue weighted by atomic mass is 10.2. The van der Waals surface area contributed by atoms with Gasteiger partial charge >= 0.3 is 5.97 Å². The summed E-state index contributed by atoms with van der Waals surface area (Å²) in [5.41, 5.74) is 0. The molecular formula is C17H15ClN2O3S. The zero-order valence-electron chi connectivity index (χ0n) is 13.0. The SMILES string of the molecule is CN(CCC#N)C(=O)COC(=O)/C=C/c1sc2ccccc2c1Cl. The van der Waals surface area contributed by atoms with Crippen LogP contribution < -0.4 is 0 Å². The van der Waals surface area contributed by atoms with Crippen LogP contribution >= 0.6 is 22.9 Å². The van der Waals surface area contributed by atoms with Gasteiger partial charge in [0.05, 0.1) is 17.5 Å². The number of halogens is 1. The average Bonchev–Trinajstić information content (AvgIpc) is 2.92. The number of carbonyl (C=O) groups excluding carboxylic acids is 2. The van der Waals surface area contributed by atoms with E-state index in [0.29, 0.717) is 11.6 Å². The van der Waals surface area contributed by atoms with Crippen molar-refractivity contribution in [2.75, 3.05) is 20.2 Å². The fourth-order valence-electron chi connectivity index (χ4n) is 1.92. The number of esters is 1. The van der Waals surface area contributed by atoms with Gasteiger partial charge in [-0.15, -0.1) is 11.3 Å². The standard InChI is InChI=1S/C17H15ClN2O3S/c1-20(10-4-9-19)15(21)11-23-16(22)8-7-14-17(18)12-5-2-3-6-13(12)24-14/h2-3,5-8H,4,10-11H2,1H3/b8-7+. The van der Waals surface area contributed by atoms with Crippen molar-refractivity contribution < 1.29 is 14.3 Å². The van der Waals surface area contributed by atoms with Crippen molar-refractivity contribution in [3.63, 3.8) is 0 Å². The molecule has 0 aliphatic rings. The lowest BCUT2D eigenvalue weighted by Crippen LogP contribution is -2.31. The monoisotopic (exact) mass is 362 g/mol. The molecule has 0 spiro atoms. The molecule has 24 heavy (non-hydrogen) atoms. The first-order chi connectivity index (χ1) is 11.5. The van der Waals surface area contributed by atoms with Crippen LogP contribution in [0.25, 0.3) is 16.2 Å². The number of carbonyl (C=O) groups is 2. The van der Waals surface area contributed by atoms with Gasteiger partial charge in [-0.2, -0.15) is 5.26 Å². The minimum atomic E-state index is -0.620. The zero-order valence-corrected chi connectivity index (χ0v) is 14.6. The first-order valence-electron chi connectivity index (χ1n) is 7.15. The van der Waals surface area contributed by atoms with E-state index in [4.69, 9.17) is 21.6 Å². The molecular weight excluding hydrogens is 348 g/mol. The Balaban J connectivity index is 1.92. The van der Waals surface area contributed by atoms with Gasteiger partial charge in [0.25, 0.3) is 5.91 Å². The minimum Gasteiger partial charge on any atom is -0.452 e. The molecule has 0 N–H and O–H groups in total. The van der Waals surface area contributed by atoms with Gasteiger partial charge in [-0.25, -0.2) is 4.79 Å². The molecule has 1 amide bonds. The largest absolute Gasteiger partial charge is 0.452 e. The molecule has 0 bridgehead atoms. The maximum Gasteiger partial charge on any atom is 0.331 e. The predicted molar refractivity (Wildman–Crippen MR) is 94.7 cm³/mol. The maximum atomic E-state index is 11.7. The van der Waals surface area contributed by atoms with E-state index < -0.39 is 5.97 Å². The highest BCUT2D eigenvalue weighted by molar-refractivity contribution is 7.20. The number of benzene rings is 1. The molecule has 0 aliphatic carbocycles. The summed E-state index contributed by atoms with van der Waals surface area (Å²) in [6, 6.07) is 9.64. The van der Waals surface area contributed by atoms with Crippen LogP contribution in [0, 0.1) is 11.3 Å². The molecule has 0 unspecified atom stereocenters. The number of thiophene rings is 1. The van der Waals surface area contributed by atoms with E-state index in [1.54, 1.807) is 13.1 Å². The summed E-state index contributed by atoms with van der Waals surface area (Å²) in [5.74, 6) is -0.975. The second-order valence-electron chi connectivity index (χ2n) is 4.94. The molecule has 124 valence electrons. The third kappa shape index (κ3) is 4.57. The number of fused-ring (bicyclic) bond motifs is 1. The second kappa shape index (κ2) is 8.48. The molecule has 5 nitrogen and oxygen atoms in total. The van der Waals surface area contributed by atoms with Crippen LogP contribution in [0.4, 0.5) is 0 Å². The summed E-state index contributed by atoms with van der Waals surface area (Å²) in [7, 11) is 1.56. The quantitative estimate of drug-likeness (QED) is 0.582. The van der Waals surface area contributed by atoms with E-state index >= 15 is 0 Å². The predicted octanol–water partition coefficient (Wildman–Crippen LogP) is 3.48. The van der Waals surface area contributed by atoms with E-state index in [0.717, 1.165) is 15.0 Å². The zero-order chi connectivity index (χ0) is 17.5. The normalized spacial score (nSPS) is 10.7. The fraction of sp³-hybridized carbons (Fsp3) is 0.235. The highest BCUT2D eigenvalue weighted by Crippen LogP contribution is 2.35. The van der Waals surface area contributed by atoms with Crippen LogP contribution in [-0.2, 0) is 14.3 Å². The summed E-state index contributed by atoms with van der Waals surface area (Å²) in [6.45, 7) is -0.0502. The van der Waals surface area contributed by atoms with E-state index in [9.17, 15) is 9.59 Å². The smallest absolute Gasteiger partial charge is 0.331 e. The van der Waals surface area contributed by atoms with Gasteiger partial charge in [-0.05, 0) is 12.1 Å². The Kier molecular flexibility index (Phi) is 6.36. The highest BCUT2D eigenvalue weighted by Gasteiger charge is 2.11. The number of nitrogens with zero attached hydrogens (tertiary/aromatic N) is 2. The number of ether oxygens (including phenoxy) is 1. The van der Waals surface area contributed by atoms with Crippen LogP contribution in [0.15, 0.2) is 30.3 Å². The van der Waals surface area contributed by atoms with Crippen molar-refractivity contribution in [3.8, 4) is 6.07 Å². The molecule has 1 aromatic carbocycles. The second-order valence-corrected chi connectivity index (χ2v) is 6.40. The molecule has 0 aliphatic heterocycles. The molecule has 1 aromatic heterocycles. The Morgan fingerprint density at radius 1 is 1.42 bits per heavy atom. The Labute approximate surface area is 148 Å². The number of amides is 1. The van der Waals surface area contributed by atoms with E-state index in [2.05, 4.69) is 0 Å². The number of hydrogen-bond donors (Lipinski definition) is 0. The number of hydrogen-bond acceptors (Lipinski definition) is 5. The van der Waals surface area contributed by atoms with Gasteiger partial charge in [0.1, 0.15) is 0 Å². The van der Waals surface area contributed by atoms with Gasteiger partial charge in [-0.1, -0.05) is 29.8 Å². The van der Waals surface area contributed by atoms with Gasteiger partial charge in [0.2, 0.25) is 0 Å². The molecule has 0 fully saturated rings. The maximum absolute atomic E-state index is 11.7. The van der Waals surface area contributed by atoms with E-state index in [-0.39, 0.29) is 18.9 Å². The summed E-state index contributed by atoms with van der Waals surface area (Å²) in [6.07, 6.45) is 3.07. The molecule has 0 atom stereocenters. The van der Waals surface area contributed by atoms with Crippen molar-refractivity contribution in [2.45, 2.75) is 6.42 Å². The van der Waals surface area contributed by atoms with Crippen molar-refractivity contribution in [1.82, 2.24) is 4.90 Å². The molecule has 1 heterocycles. The number of likely N-dealkylation sites (N-methyl/N-ethyl adjacent to an activating group) is 1. The first kappa shape index (κ1) is 18.0. The molecule has 7 heteroatoms. The Bertz CT molecular complexity index is 823. The first-order valence-corrected chi connectivity index (χ1v) is 8.35. The Morgan fingerprint density at radius 3 is 2.88 bits per heavy atom. The van der Waals surface area contributed by atoms with Gasteiger partial charge in [0.15, 0.2) is 6.61 Å². The summed E-state index contributed by atoms with van der Waals surface area (Å²) in [4.78, 5) is 25.5. The summed E-state index contributed by atoms with van der Waals surface area (Å²) >= 11 is 7.75. The van der Waals surface area contributed by atoms with Crippen molar-refractivity contribution in [3.05, 3.63) is 40.2 Å². The number of rotatable bonds is 6. The fourth-order valence-corrected chi connectivity index (χ4v) is 3.32. The third-order valence-corrected chi connectivity index (χ3v) is 4.91. The van der Waals surface area contributed by atoms with E-state index in [1.165, 1.54) is 22.3 Å². The minimum absolute atomic E-state index is 0.237. The van der Waals surface area contributed by atoms with Gasteiger partial charge in [-0.3, -0.25) is 4.79 Å². The lowest BCUT2D eigenvalue weighted by Gasteiger charge is -2.14. The summed E-state index contributed by atoms with van der Waals surface area (Å²) < 4.78 is 5.93. The average molecular weight is 363 g/mol. The van der Waals surface area contributed by atoms with Crippen molar-refractivity contribution in [2.24, 2.45) is 0 Å². The lowest BCUT2D eigenvalue weighted by molar-refractivity contribution is -0.147. The molecule has 0 radical (unpaired) electrons. The van der Waals surface area contributed by atoms with Crippen molar-refractivity contribution in [1.29, 1.82) is 5.26 Å². The molecule has 0 saturated heterocycles. The topological polar surface area (TPSA) is 70.4 Å². The molecule has 0 saturated carbocycles. The highest BCUT2D eigenvalue weighted by atomic mass is 35.5. The van der Waals surface area contributed by atoms with E-state index in [1.807, 2.05) is 30.3 Å². The molecule has 2 aromatic rings. The van der Waals surface area contributed by atoms with Gasteiger partial charge < -0.3 is 9.64 Å². The third-order valence-electron chi connectivity index (χ3n) is 3.25. The van der Waals surface area contributed by atoms with Gasteiger partial charge in [0, 0.05) is 34.6 Å². The van der Waals surface area contributed by atoms with Crippen LogP contribution in [0.5, 0.6) is 0 Å². The van der Waals surface area contributed by atoms with Crippen LogP contribution in [0.1, 0.15) is 11.3 Å². The van der Waals surface area contributed by atoms with Crippen LogP contribution in [0.2, 0.25) is 5.02 Å². The van der Waals surface area contributed by atoms with Crippen LogP contribution in [0.3, 0.4) is 0 Å². The Hall–Kier alpha value is -2.36. The van der Waals surface area contributed by atoms with Crippen LogP contribution in [-0.4, -0.2) is 37.0 Å². The number of nitriles is 1. The molecule has 2 rings (SSSR count). The Morgan fingerprint density at radius 2 is 2.17 bits per heavy atom. The van der Waals surface area contributed by atoms with Crippen molar-refractivity contribution >= 4 is 51.0 Å². The summed E-state index contributed by atoms with van der Waals surface area (Å²) in [5, 5.41) is 10.0.